The standard InChI is InChI=1S/C14H23N/c1-3-4-8-13(2)9-7-11-14-10-5-6-12-15-14/h5-6,10,12-13H,3-4,7-9,11H2,1-2H3. The third-order valence-electron chi connectivity index (χ3n) is 2.91. The first-order valence-electron chi connectivity index (χ1n) is 6.22. The zero-order valence-electron chi connectivity index (χ0n) is 10.1. The Morgan fingerprint density at radius 2 is 2.00 bits per heavy atom. The van der Waals surface area contributed by atoms with E-state index in [1.165, 1.54) is 37.8 Å². The Kier molecular flexibility index (Phi) is 6.06. The number of nitrogens with zero attached hydrogens (tertiary/aromatic N) is 1. The summed E-state index contributed by atoms with van der Waals surface area (Å²) in [7, 11) is 0. The van der Waals surface area contributed by atoms with E-state index < -0.39 is 0 Å². The minimum absolute atomic E-state index is 0.883. The quantitative estimate of drug-likeness (QED) is 0.649. The van der Waals surface area contributed by atoms with Crippen molar-refractivity contribution in [3.05, 3.63) is 30.1 Å². The van der Waals surface area contributed by atoms with Gasteiger partial charge in [0.05, 0.1) is 0 Å². The van der Waals surface area contributed by atoms with Crippen molar-refractivity contribution in [1.82, 2.24) is 4.98 Å². The first kappa shape index (κ1) is 12.2. The summed E-state index contributed by atoms with van der Waals surface area (Å²) in [6.07, 6.45) is 9.74. The van der Waals surface area contributed by atoms with Gasteiger partial charge in [0.2, 0.25) is 0 Å². The molecule has 0 aliphatic carbocycles. The summed E-state index contributed by atoms with van der Waals surface area (Å²) in [4.78, 5) is 4.34. The maximum absolute atomic E-state index is 4.34. The molecule has 0 bridgehead atoms. The second-order valence-electron chi connectivity index (χ2n) is 4.46. The molecule has 1 nitrogen and oxygen atoms in total. The van der Waals surface area contributed by atoms with E-state index in [1.807, 2.05) is 12.3 Å². The van der Waals surface area contributed by atoms with Crippen LogP contribution >= 0.6 is 0 Å². The van der Waals surface area contributed by atoms with Gasteiger partial charge in [0, 0.05) is 11.9 Å². The van der Waals surface area contributed by atoms with Crippen LogP contribution in [-0.2, 0) is 6.42 Å². The lowest BCUT2D eigenvalue weighted by Gasteiger charge is -2.09. The molecule has 0 saturated heterocycles. The fraction of sp³-hybridized carbons (Fsp3) is 0.643. The molecule has 1 heterocycles. The van der Waals surface area contributed by atoms with Crippen molar-refractivity contribution in [2.75, 3.05) is 0 Å². The van der Waals surface area contributed by atoms with Gasteiger partial charge in [-0.05, 0) is 30.9 Å². The lowest BCUT2D eigenvalue weighted by molar-refractivity contribution is 0.456. The zero-order valence-corrected chi connectivity index (χ0v) is 10.1. The Morgan fingerprint density at radius 1 is 1.20 bits per heavy atom. The number of pyridine rings is 1. The highest BCUT2D eigenvalue weighted by Crippen LogP contribution is 2.15. The van der Waals surface area contributed by atoms with E-state index in [-0.39, 0.29) is 0 Å². The summed E-state index contributed by atoms with van der Waals surface area (Å²) in [5, 5.41) is 0. The lowest BCUT2D eigenvalue weighted by atomic mass is 9.97. The van der Waals surface area contributed by atoms with Crippen LogP contribution in [0.25, 0.3) is 0 Å². The van der Waals surface area contributed by atoms with Gasteiger partial charge in [-0.1, -0.05) is 45.6 Å². The maximum Gasteiger partial charge on any atom is 0.0403 e. The van der Waals surface area contributed by atoms with Gasteiger partial charge >= 0.3 is 0 Å². The highest BCUT2D eigenvalue weighted by molar-refractivity contribution is 5.03. The topological polar surface area (TPSA) is 12.9 Å². The van der Waals surface area contributed by atoms with Crippen LogP contribution in [0.2, 0.25) is 0 Å². The van der Waals surface area contributed by atoms with Crippen LogP contribution < -0.4 is 0 Å². The number of unbranched alkanes of at least 4 members (excludes halogenated alkanes) is 1. The highest BCUT2D eigenvalue weighted by Gasteiger charge is 2.01. The summed E-state index contributed by atoms with van der Waals surface area (Å²) in [6.45, 7) is 4.63. The predicted molar refractivity (Wildman–Crippen MR) is 65.9 cm³/mol. The number of hydrogen-bond donors (Lipinski definition) is 0. The Bertz CT molecular complexity index is 243. The van der Waals surface area contributed by atoms with E-state index in [4.69, 9.17) is 0 Å². The predicted octanol–water partition coefficient (Wildman–Crippen LogP) is 4.23. The van der Waals surface area contributed by atoms with Gasteiger partial charge < -0.3 is 0 Å². The molecule has 1 unspecified atom stereocenters. The summed E-state index contributed by atoms with van der Waals surface area (Å²) in [5.74, 6) is 0.883. The smallest absolute Gasteiger partial charge is 0.0403 e. The number of hydrogen-bond acceptors (Lipinski definition) is 1. The van der Waals surface area contributed by atoms with Gasteiger partial charge in [0.1, 0.15) is 0 Å². The number of aromatic nitrogens is 1. The first-order valence-corrected chi connectivity index (χ1v) is 6.22. The van der Waals surface area contributed by atoms with E-state index in [1.54, 1.807) is 0 Å². The van der Waals surface area contributed by atoms with Gasteiger partial charge in [-0.3, -0.25) is 4.98 Å². The SMILES string of the molecule is CCCCC(C)CCCc1ccccn1. The molecule has 1 heteroatoms. The van der Waals surface area contributed by atoms with E-state index in [0.29, 0.717) is 0 Å². The Labute approximate surface area is 93.9 Å². The minimum atomic E-state index is 0.883. The minimum Gasteiger partial charge on any atom is -0.261 e. The fourth-order valence-electron chi connectivity index (χ4n) is 1.87. The molecular formula is C14H23N. The van der Waals surface area contributed by atoms with Gasteiger partial charge in [0.15, 0.2) is 0 Å². The van der Waals surface area contributed by atoms with Gasteiger partial charge in [-0.25, -0.2) is 0 Å². The van der Waals surface area contributed by atoms with Crippen molar-refractivity contribution in [1.29, 1.82) is 0 Å². The second kappa shape index (κ2) is 7.44. The molecule has 84 valence electrons. The molecule has 0 aromatic carbocycles. The first-order chi connectivity index (χ1) is 7.33. The molecule has 0 aliphatic rings. The van der Waals surface area contributed by atoms with E-state index in [0.717, 1.165) is 12.3 Å². The van der Waals surface area contributed by atoms with Crippen LogP contribution in [0.15, 0.2) is 24.4 Å². The average Bonchev–Trinajstić information content (AvgIpc) is 2.28. The summed E-state index contributed by atoms with van der Waals surface area (Å²) in [5.41, 5.74) is 1.24. The van der Waals surface area contributed by atoms with Crippen molar-refractivity contribution in [2.45, 2.75) is 52.4 Å². The van der Waals surface area contributed by atoms with Crippen molar-refractivity contribution >= 4 is 0 Å². The molecule has 1 atom stereocenters. The third kappa shape index (κ3) is 5.56. The van der Waals surface area contributed by atoms with Crippen molar-refractivity contribution in [3.63, 3.8) is 0 Å². The summed E-state index contributed by atoms with van der Waals surface area (Å²) >= 11 is 0. The molecule has 1 aromatic rings. The zero-order chi connectivity index (χ0) is 10.9. The van der Waals surface area contributed by atoms with Crippen LogP contribution in [0.3, 0.4) is 0 Å². The normalized spacial score (nSPS) is 12.7. The summed E-state index contributed by atoms with van der Waals surface area (Å²) in [6, 6.07) is 6.17. The molecule has 0 fully saturated rings. The van der Waals surface area contributed by atoms with E-state index >= 15 is 0 Å². The summed E-state index contributed by atoms with van der Waals surface area (Å²) < 4.78 is 0. The molecule has 0 spiro atoms. The van der Waals surface area contributed by atoms with E-state index in [2.05, 4.69) is 31.0 Å². The molecule has 1 aromatic heterocycles. The molecular weight excluding hydrogens is 182 g/mol. The Morgan fingerprint density at radius 3 is 2.67 bits per heavy atom. The Hall–Kier alpha value is -0.850. The highest BCUT2D eigenvalue weighted by atomic mass is 14.7. The fourth-order valence-corrected chi connectivity index (χ4v) is 1.87. The molecule has 0 saturated carbocycles. The van der Waals surface area contributed by atoms with Gasteiger partial charge in [-0.15, -0.1) is 0 Å². The number of rotatable bonds is 7. The Balaban J connectivity index is 2.11. The average molecular weight is 205 g/mol. The van der Waals surface area contributed by atoms with Crippen LogP contribution in [0, 0.1) is 5.92 Å². The maximum atomic E-state index is 4.34. The van der Waals surface area contributed by atoms with Crippen LogP contribution in [0.1, 0.15) is 51.6 Å². The van der Waals surface area contributed by atoms with Crippen LogP contribution in [-0.4, -0.2) is 4.98 Å². The van der Waals surface area contributed by atoms with Crippen LogP contribution in [0.5, 0.6) is 0 Å². The molecule has 0 radical (unpaired) electrons. The monoisotopic (exact) mass is 205 g/mol. The van der Waals surface area contributed by atoms with Crippen molar-refractivity contribution < 1.29 is 0 Å². The third-order valence-corrected chi connectivity index (χ3v) is 2.91. The van der Waals surface area contributed by atoms with E-state index in [9.17, 15) is 0 Å². The lowest BCUT2D eigenvalue weighted by Crippen LogP contribution is -1.97. The molecule has 15 heavy (non-hydrogen) atoms. The molecule has 1 rings (SSSR count). The van der Waals surface area contributed by atoms with Crippen molar-refractivity contribution in [2.24, 2.45) is 5.92 Å². The second-order valence-corrected chi connectivity index (χ2v) is 4.46. The van der Waals surface area contributed by atoms with Gasteiger partial charge in [0.25, 0.3) is 0 Å². The largest absolute Gasteiger partial charge is 0.261 e. The molecule has 0 aliphatic heterocycles. The van der Waals surface area contributed by atoms with Gasteiger partial charge in [-0.2, -0.15) is 0 Å². The van der Waals surface area contributed by atoms with Crippen LogP contribution in [0.4, 0.5) is 0 Å². The number of aryl methyl sites for hydroxylation is 1. The molecule has 0 amide bonds. The van der Waals surface area contributed by atoms with Crippen molar-refractivity contribution in [3.8, 4) is 0 Å². The molecule has 0 N–H and O–H groups in total.